The number of nitrogens with two attached hydrogens (primary N) is 1. The summed E-state index contributed by atoms with van der Waals surface area (Å²) >= 11 is 1.66. The van der Waals surface area contributed by atoms with Gasteiger partial charge in [0.25, 0.3) is 0 Å². The van der Waals surface area contributed by atoms with Gasteiger partial charge in [0, 0.05) is 24.5 Å². The summed E-state index contributed by atoms with van der Waals surface area (Å²) in [7, 11) is 1.78. The van der Waals surface area contributed by atoms with Crippen LogP contribution in [0.1, 0.15) is 4.88 Å². The highest BCUT2D eigenvalue weighted by atomic mass is 32.1. The second kappa shape index (κ2) is 5.35. The zero-order chi connectivity index (χ0) is 13.1. The SMILES string of the molecule is CN(CCc1cccs1)c1cc(F)cc(F)c1N. The number of rotatable bonds is 4. The van der Waals surface area contributed by atoms with Gasteiger partial charge in [-0.1, -0.05) is 6.07 Å². The summed E-state index contributed by atoms with van der Waals surface area (Å²) in [5.74, 6) is -1.33. The van der Waals surface area contributed by atoms with Gasteiger partial charge in [0.1, 0.15) is 5.82 Å². The number of halogens is 2. The Morgan fingerprint density at radius 1 is 1.33 bits per heavy atom. The maximum Gasteiger partial charge on any atom is 0.151 e. The first kappa shape index (κ1) is 12.8. The first-order valence-corrected chi connectivity index (χ1v) is 6.44. The molecule has 0 unspecified atom stereocenters. The fourth-order valence-corrected chi connectivity index (χ4v) is 2.44. The quantitative estimate of drug-likeness (QED) is 0.862. The van der Waals surface area contributed by atoms with Crippen molar-refractivity contribution in [2.45, 2.75) is 6.42 Å². The Bertz CT molecular complexity index is 526. The van der Waals surface area contributed by atoms with E-state index in [2.05, 4.69) is 0 Å². The van der Waals surface area contributed by atoms with E-state index >= 15 is 0 Å². The van der Waals surface area contributed by atoms with Crippen LogP contribution in [0.5, 0.6) is 0 Å². The van der Waals surface area contributed by atoms with Crippen molar-refractivity contribution in [2.24, 2.45) is 0 Å². The highest BCUT2D eigenvalue weighted by Crippen LogP contribution is 2.26. The van der Waals surface area contributed by atoms with E-state index < -0.39 is 11.6 Å². The molecule has 96 valence electrons. The van der Waals surface area contributed by atoms with E-state index in [9.17, 15) is 8.78 Å². The lowest BCUT2D eigenvalue weighted by Gasteiger charge is -2.21. The smallest absolute Gasteiger partial charge is 0.151 e. The summed E-state index contributed by atoms with van der Waals surface area (Å²) in [4.78, 5) is 3.00. The molecule has 0 amide bonds. The standard InChI is InChI=1S/C13H14F2N2S/c1-17(5-4-10-3-2-6-18-10)12-8-9(14)7-11(15)13(12)16/h2-3,6-8H,4-5,16H2,1H3. The van der Waals surface area contributed by atoms with Gasteiger partial charge in [-0.3, -0.25) is 0 Å². The molecule has 1 aromatic carbocycles. The number of nitrogens with zero attached hydrogens (tertiary/aromatic N) is 1. The molecule has 2 aromatic rings. The highest BCUT2D eigenvalue weighted by molar-refractivity contribution is 7.09. The molecule has 18 heavy (non-hydrogen) atoms. The number of thiophene rings is 1. The molecule has 0 bridgehead atoms. The molecular formula is C13H14F2N2S. The van der Waals surface area contributed by atoms with Crippen LogP contribution in [0.3, 0.4) is 0 Å². The number of hydrogen-bond donors (Lipinski definition) is 1. The first-order chi connectivity index (χ1) is 8.58. The molecule has 2 nitrogen and oxygen atoms in total. The molecule has 0 saturated carbocycles. The van der Waals surface area contributed by atoms with Crippen molar-refractivity contribution in [1.82, 2.24) is 0 Å². The minimum atomic E-state index is -0.715. The molecule has 0 saturated heterocycles. The molecule has 0 aliphatic heterocycles. The molecule has 0 fully saturated rings. The molecule has 1 aromatic heterocycles. The van der Waals surface area contributed by atoms with Gasteiger partial charge in [0.2, 0.25) is 0 Å². The number of anilines is 2. The normalized spacial score (nSPS) is 10.6. The minimum Gasteiger partial charge on any atom is -0.395 e. The van der Waals surface area contributed by atoms with Crippen molar-refractivity contribution in [3.8, 4) is 0 Å². The molecule has 0 aliphatic rings. The Hall–Kier alpha value is -1.62. The number of benzene rings is 1. The van der Waals surface area contributed by atoms with Gasteiger partial charge in [-0.25, -0.2) is 8.78 Å². The Morgan fingerprint density at radius 2 is 2.11 bits per heavy atom. The van der Waals surface area contributed by atoms with Gasteiger partial charge in [0.05, 0.1) is 11.4 Å². The third-order valence-corrected chi connectivity index (χ3v) is 3.69. The average molecular weight is 268 g/mol. The summed E-state index contributed by atoms with van der Waals surface area (Å²) in [6.45, 7) is 0.660. The van der Waals surface area contributed by atoms with E-state index in [0.29, 0.717) is 12.2 Å². The van der Waals surface area contributed by atoms with Crippen molar-refractivity contribution in [2.75, 3.05) is 24.2 Å². The summed E-state index contributed by atoms with van der Waals surface area (Å²) in [6.07, 6.45) is 0.825. The van der Waals surface area contributed by atoms with Crippen LogP contribution >= 0.6 is 11.3 Å². The molecule has 0 atom stereocenters. The van der Waals surface area contributed by atoms with Crippen LogP contribution in [0, 0.1) is 11.6 Å². The van der Waals surface area contributed by atoms with E-state index in [0.717, 1.165) is 12.5 Å². The van der Waals surface area contributed by atoms with E-state index in [4.69, 9.17) is 5.73 Å². The largest absolute Gasteiger partial charge is 0.395 e. The van der Waals surface area contributed by atoms with Crippen molar-refractivity contribution >= 4 is 22.7 Å². The first-order valence-electron chi connectivity index (χ1n) is 5.56. The van der Waals surface area contributed by atoms with Crippen LogP contribution < -0.4 is 10.6 Å². The Balaban J connectivity index is 2.11. The fourth-order valence-electron chi connectivity index (χ4n) is 1.74. The summed E-state index contributed by atoms with van der Waals surface area (Å²) in [6, 6.07) is 6.07. The van der Waals surface area contributed by atoms with Crippen LogP contribution in [0.4, 0.5) is 20.2 Å². The summed E-state index contributed by atoms with van der Waals surface area (Å²) < 4.78 is 26.5. The maximum absolute atomic E-state index is 13.3. The van der Waals surface area contributed by atoms with Crippen LogP contribution in [-0.4, -0.2) is 13.6 Å². The molecule has 2 N–H and O–H groups in total. The number of likely N-dealkylation sites (N-methyl/N-ethyl adjacent to an activating group) is 1. The number of hydrogen-bond acceptors (Lipinski definition) is 3. The monoisotopic (exact) mass is 268 g/mol. The van der Waals surface area contributed by atoms with Crippen LogP contribution in [0.25, 0.3) is 0 Å². The van der Waals surface area contributed by atoms with Gasteiger partial charge < -0.3 is 10.6 Å². The van der Waals surface area contributed by atoms with E-state index in [1.807, 2.05) is 17.5 Å². The molecule has 0 spiro atoms. The average Bonchev–Trinajstić information content (AvgIpc) is 2.83. The van der Waals surface area contributed by atoms with Gasteiger partial charge >= 0.3 is 0 Å². The zero-order valence-electron chi connectivity index (χ0n) is 9.99. The van der Waals surface area contributed by atoms with Crippen molar-refractivity contribution in [1.29, 1.82) is 0 Å². The topological polar surface area (TPSA) is 29.3 Å². The van der Waals surface area contributed by atoms with Crippen molar-refractivity contribution < 1.29 is 8.78 Å². The second-order valence-electron chi connectivity index (χ2n) is 4.07. The Morgan fingerprint density at radius 3 is 2.78 bits per heavy atom. The lowest BCUT2D eigenvalue weighted by atomic mass is 10.2. The third kappa shape index (κ3) is 2.79. The minimum absolute atomic E-state index is 0.00919. The predicted octanol–water partition coefficient (Wildman–Crippen LogP) is 3.29. The van der Waals surface area contributed by atoms with Gasteiger partial charge in [-0.15, -0.1) is 11.3 Å². The van der Waals surface area contributed by atoms with Crippen molar-refractivity contribution in [3.05, 3.63) is 46.2 Å². The maximum atomic E-state index is 13.3. The van der Waals surface area contributed by atoms with E-state index in [-0.39, 0.29) is 5.69 Å². The lowest BCUT2D eigenvalue weighted by Crippen LogP contribution is -2.21. The van der Waals surface area contributed by atoms with Crippen LogP contribution in [0.15, 0.2) is 29.6 Å². The van der Waals surface area contributed by atoms with E-state index in [1.165, 1.54) is 10.9 Å². The molecule has 0 aliphatic carbocycles. The van der Waals surface area contributed by atoms with Crippen LogP contribution in [-0.2, 0) is 6.42 Å². The highest BCUT2D eigenvalue weighted by Gasteiger charge is 2.12. The second-order valence-corrected chi connectivity index (χ2v) is 5.10. The molecule has 5 heteroatoms. The molecule has 0 radical (unpaired) electrons. The van der Waals surface area contributed by atoms with Crippen molar-refractivity contribution in [3.63, 3.8) is 0 Å². The predicted molar refractivity (Wildman–Crippen MR) is 72.1 cm³/mol. The summed E-state index contributed by atoms with van der Waals surface area (Å²) in [5.41, 5.74) is 6.00. The van der Waals surface area contributed by atoms with Crippen LogP contribution in [0.2, 0.25) is 0 Å². The zero-order valence-corrected chi connectivity index (χ0v) is 10.8. The van der Waals surface area contributed by atoms with Gasteiger partial charge in [-0.2, -0.15) is 0 Å². The lowest BCUT2D eigenvalue weighted by molar-refractivity contribution is 0.585. The number of nitrogen functional groups attached to an aromatic ring is 1. The Labute approximate surface area is 109 Å². The third-order valence-electron chi connectivity index (χ3n) is 2.76. The van der Waals surface area contributed by atoms with Gasteiger partial charge in [0.15, 0.2) is 5.82 Å². The van der Waals surface area contributed by atoms with Gasteiger partial charge in [-0.05, 0) is 23.9 Å². The summed E-state index contributed by atoms with van der Waals surface area (Å²) in [5, 5.41) is 2.01. The molecule has 2 rings (SSSR count). The molecular weight excluding hydrogens is 254 g/mol. The fraction of sp³-hybridized carbons (Fsp3) is 0.231. The Kier molecular flexibility index (Phi) is 3.81. The van der Waals surface area contributed by atoms with E-state index in [1.54, 1.807) is 23.3 Å². The molecule has 1 heterocycles.